The van der Waals surface area contributed by atoms with Crippen molar-refractivity contribution >= 4 is 0 Å². The number of nitrogens with zero attached hydrogens (tertiary/aromatic N) is 1. The molecule has 2 atom stereocenters. The zero-order valence-corrected chi connectivity index (χ0v) is 13.5. The molecule has 0 aromatic carbocycles. The maximum Gasteiger partial charge on any atom is 0.0662 e. The molecule has 2 N–H and O–H groups in total. The Kier molecular flexibility index (Phi) is 4.03. The highest BCUT2D eigenvalue weighted by atomic mass is 16.5. The number of hydrogen-bond donors (Lipinski definition) is 1. The Morgan fingerprint density at radius 1 is 1.16 bits per heavy atom. The summed E-state index contributed by atoms with van der Waals surface area (Å²) in [6, 6.07) is 0. The van der Waals surface area contributed by atoms with E-state index in [1.807, 2.05) is 0 Å². The lowest BCUT2D eigenvalue weighted by Crippen LogP contribution is -2.73. The molecule has 2 unspecified atom stereocenters. The van der Waals surface area contributed by atoms with Gasteiger partial charge in [-0.05, 0) is 44.7 Å². The van der Waals surface area contributed by atoms with Crippen molar-refractivity contribution in [2.75, 3.05) is 26.2 Å². The second kappa shape index (κ2) is 5.01. The Labute approximate surface area is 118 Å². The summed E-state index contributed by atoms with van der Waals surface area (Å²) >= 11 is 0. The van der Waals surface area contributed by atoms with Crippen LogP contribution in [0.15, 0.2) is 0 Å². The first-order valence-corrected chi connectivity index (χ1v) is 7.83. The van der Waals surface area contributed by atoms with Crippen molar-refractivity contribution in [3.8, 4) is 0 Å². The summed E-state index contributed by atoms with van der Waals surface area (Å²) in [6.07, 6.45) is 3.92. The third kappa shape index (κ3) is 2.84. The van der Waals surface area contributed by atoms with Gasteiger partial charge in [-0.1, -0.05) is 27.7 Å². The van der Waals surface area contributed by atoms with E-state index in [0.717, 1.165) is 19.6 Å². The highest BCUT2D eigenvalue weighted by Crippen LogP contribution is 2.50. The molecule has 2 aliphatic rings. The molecule has 0 aromatic heterocycles. The minimum atomic E-state index is -0.0751. The van der Waals surface area contributed by atoms with Crippen LogP contribution in [-0.4, -0.2) is 42.8 Å². The molecule has 1 saturated carbocycles. The quantitative estimate of drug-likeness (QED) is 0.852. The molecule has 0 amide bonds. The number of ether oxygens (including phenoxy) is 1. The van der Waals surface area contributed by atoms with Gasteiger partial charge in [-0.25, -0.2) is 0 Å². The summed E-state index contributed by atoms with van der Waals surface area (Å²) in [6.45, 7) is 15.6. The van der Waals surface area contributed by atoms with Gasteiger partial charge in [-0.15, -0.1) is 0 Å². The standard InChI is InChI=1S/C16H32N2O/c1-6-19-13-11-16(17,15(13,4)5)12-18-9-7-14(2,3)8-10-18/h13H,6-12,17H2,1-5H3. The molecule has 1 aliphatic heterocycles. The predicted molar refractivity (Wildman–Crippen MR) is 80.2 cm³/mol. The molecule has 0 aromatic rings. The van der Waals surface area contributed by atoms with Gasteiger partial charge < -0.3 is 15.4 Å². The summed E-state index contributed by atoms with van der Waals surface area (Å²) in [5.74, 6) is 0. The van der Waals surface area contributed by atoms with Crippen LogP contribution in [0.25, 0.3) is 0 Å². The maximum atomic E-state index is 6.68. The molecule has 1 aliphatic carbocycles. The first kappa shape index (κ1) is 15.3. The van der Waals surface area contributed by atoms with E-state index in [9.17, 15) is 0 Å². The average molecular weight is 268 g/mol. The van der Waals surface area contributed by atoms with Gasteiger partial charge in [0.15, 0.2) is 0 Å². The molecule has 3 nitrogen and oxygen atoms in total. The van der Waals surface area contributed by atoms with Crippen molar-refractivity contribution in [3.05, 3.63) is 0 Å². The number of nitrogens with two attached hydrogens (primary N) is 1. The normalized spacial score (nSPS) is 37.9. The van der Waals surface area contributed by atoms with Crippen LogP contribution >= 0.6 is 0 Å². The lowest BCUT2D eigenvalue weighted by atomic mass is 9.54. The molecule has 0 spiro atoms. The molecule has 1 saturated heterocycles. The van der Waals surface area contributed by atoms with Gasteiger partial charge >= 0.3 is 0 Å². The van der Waals surface area contributed by atoms with Crippen LogP contribution in [0.5, 0.6) is 0 Å². The van der Waals surface area contributed by atoms with Crippen molar-refractivity contribution in [1.82, 2.24) is 4.90 Å². The molecular formula is C16H32N2O. The molecule has 19 heavy (non-hydrogen) atoms. The number of piperidine rings is 1. The van der Waals surface area contributed by atoms with Gasteiger partial charge in [-0.3, -0.25) is 0 Å². The van der Waals surface area contributed by atoms with E-state index in [1.165, 1.54) is 25.9 Å². The summed E-state index contributed by atoms with van der Waals surface area (Å²) in [5.41, 5.74) is 7.21. The Morgan fingerprint density at radius 3 is 2.21 bits per heavy atom. The Balaban J connectivity index is 1.90. The van der Waals surface area contributed by atoms with Crippen LogP contribution in [0.2, 0.25) is 0 Å². The summed E-state index contributed by atoms with van der Waals surface area (Å²) in [5, 5.41) is 0. The highest BCUT2D eigenvalue weighted by Gasteiger charge is 2.58. The molecule has 2 fully saturated rings. The Morgan fingerprint density at radius 2 is 1.74 bits per heavy atom. The minimum absolute atomic E-state index is 0.0751. The number of hydrogen-bond acceptors (Lipinski definition) is 3. The van der Waals surface area contributed by atoms with E-state index in [2.05, 4.69) is 39.5 Å². The second-order valence-corrected chi connectivity index (χ2v) is 7.97. The van der Waals surface area contributed by atoms with Crippen molar-refractivity contribution in [3.63, 3.8) is 0 Å². The van der Waals surface area contributed by atoms with Crippen LogP contribution in [0.1, 0.15) is 53.9 Å². The van der Waals surface area contributed by atoms with E-state index in [-0.39, 0.29) is 11.0 Å². The first-order valence-electron chi connectivity index (χ1n) is 7.83. The fraction of sp³-hybridized carbons (Fsp3) is 1.00. The molecule has 0 radical (unpaired) electrons. The second-order valence-electron chi connectivity index (χ2n) is 7.97. The predicted octanol–water partition coefficient (Wildman–Crippen LogP) is 2.64. The van der Waals surface area contributed by atoms with Gasteiger partial charge in [0.1, 0.15) is 0 Å². The number of likely N-dealkylation sites (tertiary alicyclic amines) is 1. The average Bonchev–Trinajstić information content (AvgIpc) is 2.32. The summed E-state index contributed by atoms with van der Waals surface area (Å²) in [7, 11) is 0. The van der Waals surface area contributed by atoms with Gasteiger partial charge in [0.05, 0.1) is 6.10 Å². The third-order valence-corrected chi connectivity index (χ3v) is 5.72. The van der Waals surface area contributed by atoms with Gasteiger partial charge in [-0.2, -0.15) is 0 Å². The fourth-order valence-electron chi connectivity index (χ4n) is 3.49. The van der Waals surface area contributed by atoms with Gasteiger partial charge in [0.2, 0.25) is 0 Å². The lowest BCUT2D eigenvalue weighted by Gasteiger charge is -2.61. The van der Waals surface area contributed by atoms with Gasteiger partial charge in [0, 0.05) is 24.1 Å². The van der Waals surface area contributed by atoms with Crippen LogP contribution in [0.4, 0.5) is 0 Å². The lowest BCUT2D eigenvalue weighted by molar-refractivity contribution is -0.158. The van der Waals surface area contributed by atoms with E-state index >= 15 is 0 Å². The largest absolute Gasteiger partial charge is 0.378 e. The van der Waals surface area contributed by atoms with Crippen LogP contribution in [-0.2, 0) is 4.74 Å². The third-order valence-electron chi connectivity index (χ3n) is 5.72. The minimum Gasteiger partial charge on any atom is -0.378 e. The number of rotatable bonds is 4. The topological polar surface area (TPSA) is 38.5 Å². The first-order chi connectivity index (χ1) is 8.70. The monoisotopic (exact) mass is 268 g/mol. The van der Waals surface area contributed by atoms with Crippen molar-refractivity contribution in [2.45, 2.75) is 65.5 Å². The fourth-order valence-corrected chi connectivity index (χ4v) is 3.49. The van der Waals surface area contributed by atoms with Crippen LogP contribution in [0, 0.1) is 10.8 Å². The highest BCUT2D eigenvalue weighted by molar-refractivity contribution is 5.15. The van der Waals surface area contributed by atoms with Gasteiger partial charge in [0.25, 0.3) is 0 Å². The molecule has 2 rings (SSSR count). The molecular weight excluding hydrogens is 236 g/mol. The Bertz CT molecular complexity index is 317. The van der Waals surface area contributed by atoms with Crippen molar-refractivity contribution in [2.24, 2.45) is 16.6 Å². The van der Waals surface area contributed by atoms with E-state index in [4.69, 9.17) is 10.5 Å². The van der Waals surface area contributed by atoms with Crippen LogP contribution in [0.3, 0.4) is 0 Å². The Hall–Kier alpha value is -0.120. The molecule has 0 bridgehead atoms. The van der Waals surface area contributed by atoms with Crippen LogP contribution < -0.4 is 5.73 Å². The molecule has 112 valence electrons. The zero-order chi connectivity index (χ0) is 14.3. The molecule has 3 heteroatoms. The summed E-state index contributed by atoms with van der Waals surface area (Å²) in [4.78, 5) is 2.56. The van der Waals surface area contributed by atoms with E-state index < -0.39 is 0 Å². The smallest absolute Gasteiger partial charge is 0.0662 e. The SMILES string of the molecule is CCOC1CC(N)(CN2CCC(C)(C)CC2)C1(C)C. The maximum absolute atomic E-state index is 6.68. The summed E-state index contributed by atoms with van der Waals surface area (Å²) < 4.78 is 5.81. The molecule has 1 heterocycles. The van der Waals surface area contributed by atoms with Crippen molar-refractivity contribution in [1.29, 1.82) is 0 Å². The van der Waals surface area contributed by atoms with Crippen molar-refractivity contribution < 1.29 is 4.74 Å². The zero-order valence-electron chi connectivity index (χ0n) is 13.5. The van der Waals surface area contributed by atoms with E-state index in [1.54, 1.807) is 0 Å². The van der Waals surface area contributed by atoms with E-state index in [0.29, 0.717) is 11.5 Å².